The van der Waals surface area contributed by atoms with Crippen molar-refractivity contribution in [3.8, 4) is 0 Å². The van der Waals surface area contributed by atoms with Gasteiger partial charge in [-0.15, -0.1) is 0 Å². The van der Waals surface area contributed by atoms with Crippen molar-refractivity contribution in [2.45, 2.75) is 64.6 Å². The highest BCUT2D eigenvalue weighted by molar-refractivity contribution is 5.47. The first kappa shape index (κ1) is 12.0. The number of rotatable bonds is 3. The van der Waals surface area contributed by atoms with Crippen molar-refractivity contribution in [2.75, 3.05) is 11.9 Å². The van der Waals surface area contributed by atoms with Gasteiger partial charge in [-0.2, -0.15) is 0 Å². The molecule has 1 aromatic heterocycles. The van der Waals surface area contributed by atoms with E-state index in [2.05, 4.69) is 30.7 Å². The van der Waals surface area contributed by atoms with E-state index in [9.17, 15) is 0 Å². The molecule has 1 aromatic rings. The molecule has 1 saturated heterocycles. The van der Waals surface area contributed by atoms with Gasteiger partial charge in [0.15, 0.2) is 0 Å². The number of aryl methyl sites for hydroxylation is 1. The number of nitrogens with zero attached hydrogens (tertiary/aromatic N) is 2. The van der Waals surface area contributed by atoms with Crippen molar-refractivity contribution in [3.63, 3.8) is 0 Å². The maximum atomic E-state index is 5.58. The summed E-state index contributed by atoms with van der Waals surface area (Å²) < 4.78 is 7.94. The van der Waals surface area contributed by atoms with Crippen LogP contribution >= 0.6 is 0 Å². The van der Waals surface area contributed by atoms with E-state index in [-0.39, 0.29) is 0 Å². The van der Waals surface area contributed by atoms with Gasteiger partial charge in [-0.25, -0.2) is 4.98 Å². The zero-order valence-corrected chi connectivity index (χ0v) is 11.6. The molecule has 0 amide bonds. The summed E-state index contributed by atoms with van der Waals surface area (Å²) >= 11 is 0. The maximum Gasteiger partial charge on any atom is 0.129 e. The van der Waals surface area contributed by atoms with Crippen molar-refractivity contribution in [1.82, 2.24) is 9.55 Å². The lowest BCUT2D eigenvalue weighted by molar-refractivity contribution is -0.0594. The third-order valence-electron chi connectivity index (χ3n) is 3.96. The van der Waals surface area contributed by atoms with Crippen molar-refractivity contribution >= 4 is 5.82 Å². The predicted octanol–water partition coefficient (Wildman–Crippen LogP) is 2.54. The van der Waals surface area contributed by atoms with Crippen LogP contribution in [0.3, 0.4) is 0 Å². The molecule has 0 spiro atoms. The normalized spacial score (nSPS) is 26.7. The third kappa shape index (κ3) is 2.03. The number of fused-ring (bicyclic) bond motifs is 1. The van der Waals surface area contributed by atoms with E-state index in [0.29, 0.717) is 18.1 Å². The summed E-state index contributed by atoms with van der Waals surface area (Å²) in [5.41, 5.74) is 1.25. The Balaban J connectivity index is 1.93. The number of nitrogens with one attached hydrogen (secondary N) is 1. The topological polar surface area (TPSA) is 39.1 Å². The van der Waals surface area contributed by atoms with Crippen molar-refractivity contribution < 1.29 is 4.74 Å². The molecular formula is C14H23N3O. The summed E-state index contributed by atoms with van der Waals surface area (Å²) in [6, 6.07) is 0.551. The molecule has 4 heteroatoms. The second kappa shape index (κ2) is 4.57. The lowest BCUT2D eigenvalue weighted by Crippen LogP contribution is -2.33. The van der Waals surface area contributed by atoms with Crippen LogP contribution in [-0.4, -0.2) is 28.3 Å². The molecule has 0 aliphatic carbocycles. The zero-order chi connectivity index (χ0) is 12.7. The standard InChI is InChI=1S/C14H23N3O/c1-9(2)13-16-12-5-4-10(3)15-14(12)17(13)8-11-6-7-18-11/h9-11,15H,4-8H2,1-3H3/t10?,11-/m0/s1. The minimum absolute atomic E-state index is 0.389. The molecule has 2 atom stereocenters. The van der Waals surface area contributed by atoms with Crippen LogP contribution in [0.25, 0.3) is 0 Å². The van der Waals surface area contributed by atoms with Crippen LogP contribution in [0.15, 0.2) is 0 Å². The van der Waals surface area contributed by atoms with Gasteiger partial charge in [-0.05, 0) is 26.2 Å². The molecule has 1 fully saturated rings. The van der Waals surface area contributed by atoms with Gasteiger partial charge in [0.05, 0.1) is 18.3 Å². The Bertz CT molecular complexity index is 434. The van der Waals surface area contributed by atoms with Gasteiger partial charge >= 0.3 is 0 Å². The van der Waals surface area contributed by atoms with Gasteiger partial charge < -0.3 is 14.6 Å². The van der Waals surface area contributed by atoms with E-state index in [1.54, 1.807) is 0 Å². The van der Waals surface area contributed by atoms with Gasteiger partial charge in [0.25, 0.3) is 0 Å². The van der Waals surface area contributed by atoms with E-state index in [4.69, 9.17) is 9.72 Å². The number of imidazole rings is 1. The van der Waals surface area contributed by atoms with E-state index in [1.165, 1.54) is 30.2 Å². The quantitative estimate of drug-likeness (QED) is 0.894. The minimum atomic E-state index is 0.389. The summed E-state index contributed by atoms with van der Waals surface area (Å²) in [4.78, 5) is 4.84. The summed E-state index contributed by atoms with van der Waals surface area (Å²) in [6.07, 6.45) is 3.85. The van der Waals surface area contributed by atoms with Crippen LogP contribution in [0.2, 0.25) is 0 Å². The summed E-state index contributed by atoms with van der Waals surface area (Å²) in [6.45, 7) is 8.55. The van der Waals surface area contributed by atoms with Crippen LogP contribution in [0.1, 0.15) is 51.0 Å². The Morgan fingerprint density at radius 1 is 1.44 bits per heavy atom. The highest BCUT2D eigenvalue weighted by Crippen LogP contribution is 2.30. The first-order valence-electron chi connectivity index (χ1n) is 7.12. The molecule has 0 bridgehead atoms. The molecule has 3 heterocycles. The number of anilines is 1. The third-order valence-corrected chi connectivity index (χ3v) is 3.96. The summed E-state index contributed by atoms with van der Waals surface area (Å²) in [5.74, 6) is 2.91. The average molecular weight is 249 g/mol. The van der Waals surface area contributed by atoms with Gasteiger partial charge in [-0.1, -0.05) is 13.8 Å². The van der Waals surface area contributed by atoms with E-state index >= 15 is 0 Å². The van der Waals surface area contributed by atoms with Crippen LogP contribution in [-0.2, 0) is 17.7 Å². The molecule has 1 unspecified atom stereocenters. The van der Waals surface area contributed by atoms with Crippen molar-refractivity contribution in [1.29, 1.82) is 0 Å². The van der Waals surface area contributed by atoms with E-state index < -0.39 is 0 Å². The summed E-state index contributed by atoms with van der Waals surface area (Å²) in [5, 5.41) is 3.60. The van der Waals surface area contributed by atoms with Gasteiger partial charge in [0.2, 0.25) is 0 Å². The fraction of sp³-hybridized carbons (Fsp3) is 0.786. The molecule has 0 aromatic carbocycles. The van der Waals surface area contributed by atoms with Gasteiger partial charge in [-0.3, -0.25) is 0 Å². The fourth-order valence-electron chi connectivity index (χ4n) is 2.77. The maximum absolute atomic E-state index is 5.58. The molecule has 1 N–H and O–H groups in total. The zero-order valence-electron chi connectivity index (χ0n) is 11.6. The van der Waals surface area contributed by atoms with Crippen molar-refractivity contribution in [2.24, 2.45) is 0 Å². The Hall–Kier alpha value is -1.03. The monoisotopic (exact) mass is 249 g/mol. The molecular weight excluding hydrogens is 226 g/mol. The number of ether oxygens (including phenoxy) is 1. The van der Waals surface area contributed by atoms with Gasteiger partial charge in [0.1, 0.15) is 11.6 Å². The van der Waals surface area contributed by atoms with Crippen LogP contribution in [0.4, 0.5) is 5.82 Å². The smallest absolute Gasteiger partial charge is 0.129 e. The summed E-state index contributed by atoms with van der Waals surface area (Å²) in [7, 11) is 0. The molecule has 2 aliphatic rings. The molecule has 0 radical (unpaired) electrons. The second-order valence-electron chi connectivity index (χ2n) is 5.90. The molecule has 3 rings (SSSR count). The van der Waals surface area contributed by atoms with Crippen LogP contribution < -0.4 is 5.32 Å². The highest BCUT2D eigenvalue weighted by atomic mass is 16.5. The number of aromatic nitrogens is 2. The largest absolute Gasteiger partial charge is 0.376 e. The predicted molar refractivity (Wildman–Crippen MR) is 72.1 cm³/mol. The lowest BCUT2D eigenvalue weighted by atomic mass is 10.1. The minimum Gasteiger partial charge on any atom is -0.376 e. The first-order chi connectivity index (χ1) is 8.65. The molecule has 4 nitrogen and oxygen atoms in total. The van der Waals surface area contributed by atoms with Gasteiger partial charge in [0, 0.05) is 18.6 Å². The Kier molecular flexibility index (Phi) is 3.06. The first-order valence-corrected chi connectivity index (χ1v) is 7.12. The van der Waals surface area contributed by atoms with Crippen LogP contribution in [0, 0.1) is 0 Å². The second-order valence-corrected chi connectivity index (χ2v) is 5.90. The number of hydrogen-bond donors (Lipinski definition) is 1. The lowest BCUT2D eigenvalue weighted by Gasteiger charge is -2.30. The van der Waals surface area contributed by atoms with Crippen LogP contribution in [0.5, 0.6) is 0 Å². The van der Waals surface area contributed by atoms with E-state index in [0.717, 1.165) is 19.6 Å². The average Bonchev–Trinajstić information content (AvgIpc) is 2.61. The molecule has 2 aliphatic heterocycles. The SMILES string of the molecule is CC1CCc2nc(C(C)C)n(C[C@@H]3CCO3)c2N1. The van der Waals surface area contributed by atoms with Crippen molar-refractivity contribution in [3.05, 3.63) is 11.5 Å². The Morgan fingerprint density at radius 3 is 2.83 bits per heavy atom. The Labute approximate surface area is 109 Å². The molecule has 0 saturated carbocycles. The highest BCUT2D eigenvalue weighted by Gasteiger charge is 2.27. The Morgan fingerprint density at radius 2 is 2.22 bits per heavy atom. The molecule has 100 valence electrons. The molecule has 18 heavy (non-hydrogen) atoms. The van der Waals surface area contributed by atoms with E-state index in [1.807, 2.05) is 0 Å². The fourth-order valence-corrected chi connectivity index (χ4v) is 2.77. The number of hydrogen-bond acceptors (Lipinski definition) is 3.